The molecule has 0 saturated heterocycles. The van der Waals surface area contributed by atoms with E-state index >= 15 is 0 Å². The number of benzene rings is 3. The van der Waals surface area contributed by atoms with Crippen LogP contribution < -0.4 is 19.3 Å². The van der Waals surface area contributed by atoms with Gasteiger partial charge in [0.1, 0.15) is 11.5 Å². The second-order valence-electron chi connectivity index (χ2n) is 9.77. The molecule has 0 saturated carbocycles. The molecule has 0 aliphatic carbocycles. The summed E-state index contributed by atoms with van der Waals surface area (Å²) in [4.78, 5) is 4.61. The minimum atomic E-state index is 0.810. The molecule has 3 rings (SSSR count). The Balaban J connectivity index is 1.78. The average molecular weight is 513 g/mol. The molecule has 4 heteroatoms. The highest BCUT2D eigenvalue weighted by atomic mass is 16.5. The van der Waals surface area contributed by atoms with E-state index in [0.717, 1.165) is 46.8 Å². The lowest BCUT2D eigenvalue weighted by atomic mass is 10.0. The van der Waals surface area contributed by atoms with Crippen molar-refractivity contribution in [3.63, 3.8) is 0 Å². The number of methoxy groups -OCH3 is 2. The van der Waals surface area contributed by atoms with Gasteiger partial charge in [-0.1, -0.05) is 75.3 Å². The van der Waals surface area contributed by atoms with Crippen molar-refractivity contribution in [1.29, 1.82) is 0 Å². The highest BCUT2D eigenvalue weighted by Crippen LogP contribution is 2.32. The lowest BCUT2D eigenvalue weighted by Gasteiger charge is -2.24. The minimum absolute atomic E-state index is 0.810. The van der Waals surface area contributed by atoms with Crippen molar-refractivity contribution in [2.75, 3.05) is 51.2 Å². The number of hydrogen-bond donors (Lipinski definition) is 0. The maximum atomic E-state index is 5.74. The van der Waals surface area contributed by atoms with Crippen molar-refractivity contribution in [3.05, 3.63) is 82.9 Å². The second-order valence-corrected chi connectivity index (χ2v) is 9.77. The maximum absolute atomic E-state index is 5.74. The monoisotopic (exact) mass is 512 g/mol. The van der Waals surface area contributed by atoms with E-state index in [9.17, 15) is 0 Å². The summed E-state index contributed by atoms with van der Waals surface area (Å²) < 4.78 is 11.5. The fourth-order valence-electron chi connectivity index (χ4n) is 4.33. The summed E-state index contributed by atoms with van der Waals surface area (Å²) in [5, 5.41) is 0. The Labute approximate surface area is 230 Å². The van der Waals surface area contributed by atoms with Crippen LogP contribution in [0.3, 0.4) is 0 Å². The summed E-state index contributed by atoms with van der Waals surface area (Å²) in [6.45, 7) is 6.74. The largest absolute Gasteiger partial charge is 0.496 e. The van der Waals surface area contributed by atoms with E-state index in [1.165, 1.54) is 37.1 Å². The molecule has 0 radical (unpaired) electrons. The van der Waals surface area contributed by atoms with Crippen LogP contribution in [-0.2, 0) is 0 Å². The van der Waals surface area contributed by atoms with Crippen LogP contribution in [0.15, 0.2) is 60.7 Å². The smallest absolute Gasteiger partial charge is 0.126 e. The maximum Gasteiger partial charge on any atom is 0.126 e. The molecule has 4 nitrogen and oxygen atoms in total. The Morgan fingerprint density at radius 1 is 0.605 bits per heavy atom. The predicted octanol–water partition coefficient (Wildman–Crippen LogP) is 8.52. The highest BCUT2D eigenvalue weighted by Gasteiger charge is 2.09. The van der Waals surface area contributed by atoms with E-state index < -0.39 is 0 Å². The molecule has 0 spiro atoms. The Kier molecular flexibility index (Phi) is 11.4. The molecule has 3 aromatic carbocycles. The van der Waals surface area contributed by atoms with Gasteiger partial charge in [0.25, 0.3) is 0 Å². The summed E-state index contributed by atoms with van der Waals surface area (Å²) in [7, 11) is 7.51. The predicted molar refractivity (Wildman–Crippen MR) is 167 cm³/mol. The highest BCUT2D eigenvalue weighted by molar-refractivity contribution is 5.79. The molecule has 38 heavy (non-hydrogen) atoms. The molecule has 0 amide bonds. The summed E-state index contributed by atoms with van der Waals surface area (Å²) in [5.41, 5.74) is 6.72. The molecule has 3 aromatic rings. The molecule has 0 bridgehead atoms. The van der Waals surface area contributed by atoms with Gasteiger partial charge in [-0.05, 0) is 60.4 Å². The van der Waals surface area contributed by atoms with Gasteiger partial charge in [0.05, 0.1) is 14.2 Å². The Morgan fingerprint density at radius 2 is 1.03 bits per heavy atom. The van der Waals surface area contributed by atoms with E-state index in [1.807, 2.05) is 26.2 Å². The SMILES string of the molecule is CCCCN(CCCC)c1ccc(/C=C/c2cc(OC)c(/C=C/c3ccc(N(C)C)cc3)cc2OC)cc1. The lowest BCUT2D eigenvalue weighted by molar-refractivity contribution is 0.401. The van der Waals surface area contributed by atoms with Crippen LogP contribution in [-0.4, -0.2) is 41.4 Å². The van der Waals surface area contributed by atoms with Gasteiger partial charge in [-0.3, -0.25) is 0 Å². The summed E-state index contributed by atoms with van der Waals surface area (Å²) in [5.74, 6) is 1.62. The van der Waals surface area contributed by atoms with Gasteiger partial charge in [0, 0.05) is 49.7 Å². The van der Waals surface area contributed by atoms with Gasteiger partial charge in [-0.2, -0.15) is 0 Å². The van der Waals surface area contributed by atoms with Crippen LogP contribution >= 0.6 is 0 Å². The average Bonchev–Trinajstić information content (AvgIpc) is 2.95. The number of hydrogen-bond acceptors (Lipinski definition) is 4. The molecule has 0 atom stereocenters. The first-order valence-corrected chi connectivity index (χ1v) is 13.7. The molecule has 202 valence electrons. The molecular formula is C34H44N2O2. The first-order chi connectivity index (χ1) is 18.5. The van der Waals surface area contributed by atoms with Crippen LogP contribution in [0.4, 0.5) is 11.4 Å². The molecule has 0 unspecified atom stereocenters. The Morgan fingerprint density at radius 3 is 1.39 bits per heavy atom. The Hall–Kier alpha value is -3.66. The topological polar surface area (TPSA) is 24.9 Å². The van der Waals surface area contributed by atoms with E-state index in [0.29, 0.717) is 0 Å². The third-order valence-corrected chi connectivity index (χ3v) is 6.72. The minimum Gasteiger partial charge on any atom is -0.496 e. The number of anilines is 2. The number of rotatable bonds is 14. The molecule has 0 aromatic heterocycles. The van der Waals surface area contributed by atoms with Crippen LogP contribution in [0.25, 0.3) is 24.3 Å². The van der Waals surface area contributed by atoms with Gasteiger partial charge in [-0.25, -0.2) is 0 Å². The second kappa shape index (κ2) is 14.9. The van der Waals surface area contributed by atoms with Crippen molar-refractivity contribution in [3.8, 4) is 11.5 Å². The van der Waals surface area contributed by atoms with E-state index in [4.69, 9.17) is 9.47 Å². The molecule has 0 heterocycles. The summed E-state index contributed by atoms with van der Waals surface area (Å²) in [6, 6.07) is 21.4. The number of unbranched alkanes of at least 4 members (excludes halogenated alkanes) is 2. The normalized spacial score (nSPS) is 11.3. The molecule has 0 fully saturated rings. The molecule has 0 aliphatic heterocycles. The van der Waals surface area contributed by atoms with E-state index in [2.05, 4.69) is 96.5 Å². The van der Waals surface area contributed by atoms with Crippen LogP contribution in [0.2, 0.25) is 0 Å². The van der Waals surface area contributed by atoms with Crippen molar-refractivity contribution < 1.29 is 9.47 Å². The fraction of sp³-hybridized carbons (Fsp3) is 0.353. The first-order valence-electron chi connectivity index (χ1n) is 13.7. The standard InChI is InChI=1S/C34H44N2O2/c1-7-9-23-36(24-10-8-2)32-21-15-28(16-22-32)12-18-30-26-33(37-5)29(25-34(30)38-6)17-11-27-13-19-31(20-14-27)35(3)4/h11-22,25-26H,7-10,23-24H2,1-6H3/b17-11+,18-12+. The van der Waals surface area contributed by atoms with Gasteiger partial charge in [0.2, 0.25) is 0 Å². The molecule has 0 aliphatic rings. The first kappa shape index (κ1) is 28.9. The fourth-order valence-corrected chi connectivity index (χ4v) is 4.33. The van der Waals surface area contributed by atoms with Crippen molar-refractivity contribution in [2.45, 2.75) is 39.5 Å². The van der Waals surface area contributed by atoms with Crippen LogP contribution in [0.5, 0.6) is 11.5 Å². The number of nitrogens with zero attached hydrogens (tertiary/aromatic N) is 2. The third-order valence-electron chi connectivity index (χ3n) is 6.72. The zero-order valence-electron chi connectivity index (χ0n) is 24.0. The van der Waals surface area contributed by atoms with Gasteiger partial charge < -0.3 is 19.3 Å². The summed E-state index contributed by atoms with van der Waals surface area (Å²) >= 11 is 0. The molecular weight excluding hydrogens is 468 g/mol. The quantitative estimate of drug-likeness (QED) is 0.202. The zero-order valence-corrected chi connectivity index (χ0v) is 24.0. The van der Waals surface area contributed by atoms with E-state index in [1.54, 1.807) is 14.2 Å². The van der Waals surface area contributed by atoms with Crippen molar-refractivity contribution in [2.24, 2.45) is 0 Å². The summed E-state index contributed by atoms with van der Waals surface area (Å²) in [6.07, 6.45) is 13.3. The van der Waals surface area contributed by atoms with Crippen LogP contribution in [0.1, 0.15) is 61.8 Å². The zero-order chi connectivity index (χ0) is 27.3. The van der Waals surface area contributed by atoms with Crippen molar-refractivity contribution in [1.82, 2.24) is 0 Å². The van der Waals surface area contributed by atoms with Gasteiger partial charge >= 0.3 is 0 Å². The number of ether oxygens (including phenoxy) is 2. The van der Waals surface area contributed by atoms with E-state index in [-0.39, 0.29) is 0 Å². The van der Waals surface area contributed by atoms with Crippen LogP contribution in [0, 0.1) is 0 Å². The van der Waals surface area contributed by atoms with Crippen molar-refractivity contribution >= 4 is 35.7 Å². The third kappa shape index (κ3) is 8.17. The Bertz CT molecular complexity index is 1170. The van der Waals surface area contributed by atoms with Gasteiger partial charge in [0.15, 0.2) is 0 Å². The molecule has 0 N–H and O–H groups in total. The van der Waals surface area contributed by atoms with Gasteiger partial charge in [-0.15, -0.1) is 0 Å². The lowest BCUT2D eigenvalue weighted by Crippen LogP contribution is -2.25.